The zero-order valence-electron chi connectivity index (χ0n) is 13.1. The molecule has 118 valence electrons. The molecule has 0 heterocycles. The summed E-state index contributed by atoms with van der Waals surface area (Å²) >= 11 is 1.71. The van der Waals surface area contributed by atoms with Gasteiger partial charge in [-0.2, -0.15) is 5.26 Å². The van der Waals surface area contributed by atoms with E-state index < -0.39 is 0 Å². The largest absolute Gasteiger partial charge is 0.497 e. The van der Waals surface area contributed by atoms with Crippen molar-refractivity contribution in [2.75, 3.05) is 13.7 Å². The number of ether oxygens (including phenoxy) is 2. The second-order valence-electron chi connectivity index (χ2n) is 4.85. The quantitative estimate of drug-likeness (QED) is 0.669. The highest BCUT2D eigenvalue weighted by Gasteiger charge is 1.95. The van der Waals surface area contributed by atoms with Crippen LogP contribution in [0.2, 0.25) is 0 Å². The number of hydrogen-bond donors (Lipinski definition) is 0. The number of benzene rings is 2. The number of nitrogens with zero attached hydrogens (tertiary/aromatic N) is 1. The molecule has 4 heteroatoms. The molecule has 0 saturated carbocycles. The average Bonchev–Trinajstić information content (AvgIpc) is 2.62. The van der Waals surface area contributed by atoms with Gasteiger partial charge in [-0.05, 0) is 40.8 Å². The maximum absolute atomic E-state index is 8.75. The van der Waals surface area contributed by atoms with E-state index >= 15 is 0 Å². The highest BCUT2D eigenvalue weighted by molar-refractivity contribution is 8.01. The first-order valence-corrected chi connectivity index (χ1v) is 8.33. The summed E-state index contributed by atoms with van der Waals surface area (Å²) in [5.74, 6) is 1.74. The van der Waals surface area contributed by atoms with E-state index in [0.717, 1.165) is 17.1 Å². The fourth-order valence-corrected chi connectivity index (χ4v) is 2.59. The van der Waals surface area contributed by atoms with E-state index in [9.17, 15) is 0 Å². The summed E-state index contributed by atoms with van der Waals surface area (Å²) in [6.07, 6.45) is 2.01. The van der Waals surface area contributed by atoms with Gasteiger partial charge in [-0.25, -0.2) is 0 Å². The van der Waals surface area contributed by atoms with Crippen molar-refractivity contribution in [1.29, 1.82) is 5.26 Å². The lowest BCUT2D eigenvalue weighted by molar-refractivity contribution is 0.149. The van der Waals surface area contributed by atoms with Crippen LogP contribution in [0.25, 0.3) is 0 Å². The molecule has 0 bridgehead atoms. The smallest absolute Gasteiger partial charge is 0.118 e. The molecule has 0 aliphatic rings. The summed E-state index contributed by atoms with van der Waals surface area (Å²) < 4.78 is 10.7. The number of rotatable bonds is 8. The minimum absolute atomic E-state index is 0.590. The van der Waals surface area contributed by atoms with Crippen LogP contribution in [0.4, 0.5) is 0 Å². The molecule has 0 N–H and O–H groups in total. The summed E-state index contributed by atoms with van der Waals surface area (Å²) in [6, 6.07) is 17.7. The second-order valence-corrected chi connectivity index (χ2v) is 5.75. The average molecular weight is 325 g/mol. The van der Waals surface area contributed by atoms with Crippen LogP contribution in [0, 0.1) is 11.3 Å². The Labute approximate surface area is 141 Å². The van der Waals surface area contributed by atoms with Crippen molar-refractivity contribution in [2.45, 2.75) is 12.4 Å². The topological polar surface area (TPSA) is 42.2 Å². The highest BCUT2D eigenvalue weighted by Crippen LogP contribution is 2.14. The minimum atomic E-state index is 0.590. The Hall–Kier alpha value is -2.22. The van der Waals surface area contributed by atoms with E-state index in [4.69, 9.17) is 14.7 Å². The molecule has 0 fully saturated rings. The van der Waals surface area contributed by atoms with Crippen LogP contribution in [0.3, 0.4) is 0 Å². The van der Waals surface area contributed by atoms with E-state index in [0.29, 0.717) is 18.8 Å². The zero-order valence-corrected chi connectivity index (χ0v) is 13.9. The highest BCUT2D eigenvalue weighted by atomic mass is 32.2. The molecule has 0 aliphatic carbocycles. The van der Waals surface area contributed by atoms with E-state index in [-0.39, 0.29) is 0 Å². The third-order valence-electron chi connectivity index (χ3n) is 3.17. The van der Waals surface area contributed by atoms with Crippen LogP contribution in [0.5, 0.6) is 5.75 Å². The monoisotopic (exact) mass is 325 g/mol. The minimum Gasteiger partial charge on any atom is -0.497 e. The van der Waals surface area contributed by atoms with E-state index in [1.165, 1.54) is 5.56 Å². The molecule has 0 saturated heterocycles. The van der Waals surface area contributed by atoms with Crippen molar-refractivity contribution in [3.05, 3.63) is 76.7 Å². The summed E-state index contributed by atoms with van der Waals surface area (Å²) in [5, 5.41) is 10.8. The number of thioether (sulfide) groups is 1. The van der Waals surface area contributed by atoms with Crippen LogP contribution >= 0.6 is 11.8 Å². The Kier molecular flexibility index (Phi) is 7.25. The molecule has 0 aliphatic heterocycles. The van der Waals surface area contributed by atoms with E-state index in [1.54, 1.807) is 18.9 Å². The molecule has 0 spiro atoms. The van der Waals surface area contributed by atoms with Gasteiger partial charge in [-0.1, -0.05) is 30.3 Å². The fourth-order valence-electron chi connectivity index (χ4n) is 1.89. The Morgan fingerprint density at radius 3 is 2.39 bits per heavy atom. The lowest BCUT2D eigenvalue weighted by Gasteiger charge is -2.03. The Morgan fingerprint density at radius 2 is 1.74 bits per heavy atom. The SMILES string of the molecule is COc1ccc(COC/C=C\SCc2ccc(C#N)cc2)cc1. The normalized spacial score (nSPS) is 10.6. The first-order chi connectivity index (χ1) is 11.3. The third-order valence-corrected chi connectivity index (χ3v) is 4.05. The number of hydrogen-bond acceptors (Lipinski definition) is 4. The maximum Gasteiger partial charge on any atom is 0.118 e. The van der Waals surface area contributed by atoms with Gasteiger partial charge in [-0.15, -0.1) is 11.8 Å². The van der Waals surface area contributed by atoms with Gasteiger partial charge < -0.3 is 9.47 Å². The first-order valence-electron chi connectivity index (χ1n) is 7.28. The van der Waals surface area contributed by atoms with Crippen LogP contribution in [-0.4, -0.2) is 13.7 Å². The van der Waals surface area contributed by atoms with Crippen LogP contribution in [0.1, 0.15) is 16.7 Å². The van der Waals surface area contributed by atoms with Gasteiger partial charge in [0, 0.05) is 5.75 Å². The van der Waals surface area contributed by atoms with Gasteiger partial charge in [0.2, 0.25) is 0 Å². The molecule has 0 unspecified atom stereocenters. The molecule has 0 radical (unpaired) electrons. The van der Waals surface area contributed by atoms with Crippen molar-refractivity contribution in [1.82, 2.24) is 0 Å². The van der Waals surface area contributed by atoms with Gasteiger partial charge in [0.1, 0.15) is 5.75 Å². The molecule has 0 atom stereocenters. The van der Waals surface area contributed by atoms with E-state index in [2.05, 4.69) is 6.07 Å². The molecule has 2 aromatic rings. The predicted molar refractivity (Wildman–Crippen MR) is 94.2 cm³/mol. The van der Waals surface area contributed by atoms with Gasteiger partial charge in [0.05, 0.1) is 32.0 Å². The van der Waals surface area contributed by atoms with Gasteiger partial charge in [-0.3, -0.25) is 0 Å². The van der Waals surface area contributed by atoms with Crippen LogP contribution in [-0.2, 0) is 17.1 Å². The summed E-state index contributed by atoms with van der Waals surface area (Å²) in [6.45, 7) is 1.18. The van der Waals surface area contributed by atoms with Gasteiger partial charge in [0.25, 0.3) is 0 Å². The molecule has 3 nitrogen and oxygen atoms in total. The lowest BCUT2D eigenvalue weighted by Crippen LogP contribution is -1.92. The van der Waals surface area contributed by atoms with Gasteiger partial charge in [0.15, 0.2) is 0 Å². The molecule has 23 heavy (non-hydrogen) atoms. The summed E-state index contributed by atoms with van der Waals surface area (Å²) in [7, 11) is 1.66. The fraction of sp³-hybridized carbons (Fsp3) is 0.211. The molecular weight excluding hydrogens is 306 g/mol. The van der Waals surface area contributed by atoms with Crippen LogP contribution < -0.4 is 4.74 Å². The molecular formula is C19H19NO2S. The van der Waals surface area contributed by atoms with Crippen molar-refractivity contribution in [3.8, 4) is 11.8 Å². The summed E-state index contributed by atoms with van der Waals surface area (Å²) in [5.41, 5.74) is 3.03. The molecule has 2 rings (SSSR count). The number of methoxy groups -OCH3 is 1. The third kappa shape index (κ3) is 6.19. The van der Waals surface area contributed by atoms with Crippen molar-refractivity contribution >= 4 is 11.8 Å². The van der Waals surface area contributed by atoms with E-state index in [1.807, 2.05) is 60.0 Å². The predicted octanol–water partition coefficient (Wildman–Crippen LogP) is 4.53. The second kappa shape index (κ2) is 9.73. The standard InChI is InChI=1S/C19H19NO2S/c1-21-19-9-7-17(8-10-19)14-22-11-2-12-23-15-18-5-3-16(13-20)4-6-18/h2-10,12H,11,14-15H2,1H3/b12-2-. The molecule has 2 aromatic carbocycles. The lowest BCUT2D eigenvalue weighted by atomic mass is 10.2. The van der Waals surface area contributed by atoms with Crippen molar-refractivity contribution in [3.63, 3.8) is 0 Å². The Bertz CT molecular complexity index is 657. The Morgan fingerprint density at radius 1 is 1.04 bits per heavy atom. The first kappa shape index (κ1) is 17.1. The van der Waals surface area contributed by atoms with Crippen molar-refractivity contribution < 1.29 is 9.47 Å². The van der Waals surface area contributed by atoms with Crippen LogP contribution in [0.15, 0.2) is 60.0 Å². The Balaban J connectivity index is 1.61. The zero-order chi connectivity index (χ0) is 16.3. The van der Waals surface area contributed by atoms with Gasteiger partial charge >= 0.3 is 0 Å². The maximum atomic E-state index is 8.75. The molecule has 0 amide bonds. The van der Waals surface area contributed by atoms with Crippen molar-refractivity contribution in [2.24, 2.45) is 0 Å². The summed E-state index contributed by atoms with van der Waals surface area (Å²) in [4.78, 5) is 0. The molecule has 0 aromatic heterocycles. The number of nitriles is 1.